The van der Waals surface area contributed by atoms with Gasteiger partial charge in [-0.3, -0.25) is 4.74 Å². The fourth-order valence-corrected chi connectivity index (χ4v) is 1.84. The quantitative estimate of drug-likeness (QED) is 0.277. The minimum atomic E-state index is -1.30. The third-order valence-corrected chi connectivity index (χ3v) is 2.55. The number of ether oxygens (including phenoxy) is 3. The molecule has 1 radical (unpaired) electrons. The summed E-state index contributed by atoms with van der Waals surface area (Å²) in [5.41, 5.74) is 0. The standard InChI is InChI=1S/C7H10BO5/c1-3-5(9)12-7(8-3)11-4(2)6(10)13-7/h3-4H,8H2,1-2H3/t3-,4-,7?/m0/s1. The molecule has 2 aliphatic heterocycles. The minimum absolute atomic E-state index is 0.155. The summed E-state index contributed by atoms with van der Waals surface area (Å²) in [5.74, 6) is -2.24. The molecule has 2 aliphatic rings. The van der Waals surface area contributed by atoms with Gasteiger partial charge in [-0.05, 0) is 6.92 Å². The van der Waals surface area contributed by atoms with Crippen molar-refractivity contribution in [1.82, 2.24) is 0 Å². The molecular weight excluding hydrogens is 175 g/mol. The van der Waals surface area contributed by atoms with Gasteiger partial charge in [0.05, 0.1) is 0 Å². The van der Waals surface area contributed by atoms with Crippen LogP contribution in [0.5, 0.6) is 0 Å². The molecule has 0 aromatic carbocycles. The molecule has 0 N–H and O–H groups in total. The second kappa shape index (κ2) is 2.48. The molecule has 0 aromatic heterocycles. The van der Waals surface area contributed by atoms with Gasteiger partial charge in [0, 0.05) is 10.6 Å². The largest absolute Gasteiger partial charge is 0.544 e. The lowest BCUT2D eigenvalue weighted by molar-refractivity contribution is -0.253. The Kier molecular flexibility index (Phi) is 1.63. The monoisotopic (exact) mass is 185 g/mol. The number of esters is 2. The normalized spacial score (nSPS) is 43.8. The molecule has 71 valence electrons. The van der Waals surface area contributed by atoms with Crippen molar-refractivity contribution in [3.8, 4) is 0 Å². The number of hydrogen-bond donors (Lipinski definition) is 0. The first-order chi connectivity index (χ1) is 6.02. The molecular formula is C7H10BO5. The van der Waals surface area contributed by atoms with Crippen molar-refractivity contribution in [3.63, 3.8) is 0 Å². The molecule has 0 aromatic rings. The van der Waals surface area contributed by atoms with Gasteiger partial charge in [0.25, 0.3) is 0 Å². The first kappa shape index (κ1) is 8.56. The predicted molar refractivity (Wildman–Crippen MR) is 43.4 cm³/mol. The van der Waals surface area contributed by atoms with E-state index < -0.39 is 25.2 Å². The predicted octanol–water partition coefficient (Wildman–Crippen LogP) is -0.906. The van der Waals surface area contributed by atoms with Crippen LogP contribution in [0.2, 0.25) is 5.82 Å². The van der Waals surface area contributed by atoms with Gasteiger partial charge in [0.2, 0.25) is 0 Å². The van der Waals surface area contributed by atoms with Crippen LogP contribution in [0.3, 0.4) is 0 Å². The molecule has 3 atom stereocenters. The molecule has 0 amide bonds. The summed E-state index contributed by atoms with van der Waals surface area (Å²) in [6.07, 6.45) is -0.623. The van der Waals surface area contributed by atoms with E-state index in [0.29, 0.717) is 0 Å². The van der Waals surface area contributed by atoms with E-state index in [-0.39, 0.29) is 11.8 Å². The first-order valence-electron chi connectivity index (χ1n) is 4.47. The lowest BCUT2D eigenvalue weighted by Crippen LogP contribution is -2.36. The lowest BCUT2D eigenvalue weighted by atomic mass is 9.65. The third-order valence-electron chi connectivity index (χ3n) is 2.55. The van der Waals surface area contributed by atoms with Gasteiger partial charge in [0.1, 0.15) is 0 Å². The summed E-state index contributed by atoms with van der Waals surface area (Å²) in [5, 5.41) is 0. The Morgan fingerprint density at radius 3 is 2.54 bits per heavy atom. The van der Waals surface area contributed by atoms with Crippen LogP contribution >= 0.6 is 0 Å². The Balaban J connectivity index is 2.17. The summed E-state index contributed by atoms with van der Waals surface area (Å²) in [4.78, 5) is 22.1. The maximum Gasteiger partial charge on any atom is 0.544 e. The van der Waals surface area contributed by atoms with Gasteiger partial charge in [-0.25, -0.2) is 4.79 Å². The maximum atomic E-state index is 11.1. The molecule has 2 saturated heterocycles. The highest BCUT2D eigenvalue weighted by molar-refractivity contribution is 6.49. The van der Waals surface area contributed by atoms with Crippen LogP contribution in [0, 0.1) is 0 Å². The van der Waals surface area contributed by atoms with Crippen molar-refractivity contribution in [2.75, 3.05) is 0 Å². The van der Waals surface area contributed by atoms with Crippen molar-refractivity contribution in [1.29, 1.82) is 0 Å². The summed E-state index contributed by atoms with van der Waals surface area (Å²) in [6.45, 7) is 3.34. The SMILES string of the molecule is C[C@@H]1[BH2-]C2(OC(=O)[C@H](C)O2)OC1=[O+]. The number of carbonyl (C=O) groups excluding carboxylic acids is 2. The van der Waals surface area contributed by atoms with Crippen LogP contribution in [0.4, 0.5) is 0 Å². The third kappa shape index (κ3) is 1.21. The van der Waals surface area contributed by atoms with E-state index in [1.807, 2.05) is 0 Å². The molecule has 5 nitrogen and oxygen atoms in total. The van der Waals surface area contributed by atoms with Gasteiger partial charge >= 0.3 is 17.8 Å². The van der Waals surface area contributed by atoms with E-state index in [9.17, 15) is 9.59 Å². The number of hydrogen-bond acceptors (Lipinski definition) is 5. The smallest absolute Gasteiger partial charge is 0.408 e. The molecule has 6 heteroatoms. The van der Waals surface area contributed by atoms with Crippen molar-refractivity contribution >= 4 is 19.2 Å². The molecule has 0 saturated carbocycles. The summed E-state index contributed by atoms with van der Waals surface area (Å²) >= 11 is 0. The Morgan fingerprint density at radius 1 is 1.46 bits per heavy atom. The second-order valence-electron chi connectivity index (χ2n) is 3.91. The van der Waals surface area contributed by atoms with E-state index in [1.54, 1.807) is 13.8 Å². The van der Waals surface area contributed by atoms with Crippen LogP contribution in [0.25, 0.3) is 0 Å². The molecule has 2 rings (SSSR count). The van der Waals surface area contributed by atoms with Crippen LogP contribution < -0.4 is 0 Å². The zero-order valence-electron chi connectivity index (χ0n) is 7.70. The average Bonchev–Trinajstić information content (AvgIpc) is 2.39. The first-order valence-corrected chi connectivity index (χ1v) is 4.47. The van der Waals surface area contributed by atoms with Gasteiger partial charge in [-0.2, -0.15) is 0 Å². The van der Waals surface area contributed by atoms with Gasteiger partial charge in [0.15, 0.2) is 13.4 Å². The van der Waals surface area contributed by atoms with E-state index >= 15 is 0 Å². The molecule has 0 aliphatic carbocycles. The van der Waals surface area contributed by atoms with E-state index in [4.69, 9.17) is 14.2 Å². The van der Waals surface area contributed by atoms with Gasteiger partial charge in [-0.15, -0.1) is 0 Å². The van der Waals surface area contributed by atoms with Crippen molar-refractivity contribution in [2.24, 2.45) is 0 Å². The van der Waals surface area contributed by atoms with Crippen LogP contribution in [-0.2, 0) is 23.8 Å². The van der Waals surface area contributed by atoms with E-state index in [0.717, 1.165) is 0 Å². The highest BCUT2D eigenvalue weighted by Crippen LogP contribution is 2.34. The molecule has 2 heterocycles. The van der Waals surface area contributed by atoms with E-state index in [1.165, 1.54) is 0 Å². The van der Waals surface area contributed by atoms with Crippen molar-refractivity contribution in [2.45, 2.75) is 31.6 Å². The fourth-order valence-electron chi connectivity index (χ4n) is 1.84. The molecule has 1 unspecified atom stereocenters. The number of rotatable bonds is 0. The van der Waals surface area contributed by atoms with Gasteiger partial charge in [-0.1, -0.05) is 6.92 Å². The Morgan fingerprint density at radius 2 is 2.15 bits per heavy atom. The minimum Gasteiger partial charge on any atom is -0.408 e. The van der Waals surface area contributed by atoms with Crippen LogP contribution in [0.15, 0.2) is 0 Å². The summed E-state index contributed by atoms with van der Waals surface area (Å²) in [7, 11) is -0.882. The zero-order valence-corrected chi connectivity index (χ0v) is 7.70. The van der Waals surface area contributed by atoms with Crippen molar-refractivity contribution in [3.05, 3.63) is 0 Å². The lowest BCUT2D eigenvalue weighted by Gasteiger charge is -2.17. The molecule has 0 bridgehead atoms. The van der Waals surface area contributed by atoms with Crippen molar-refractivity contribution < 1.29 is 23.8 Å². The maximum absolute atomic E-state index is 11.1. The second-order valence-corrected chi connectivity index (χ2v) is 3.91. The van der Waals surface area contributed by atoms with Crippen LogP contribution in [-0.4, -0.2) is 31.2 Å². The van der Waals surface area contributed by atoms with Crippen LogP contribution in [0.1, 0.15) is 13.8 Å². The number of carbonyl (C=O) groups is 2. The molecule has 2 fully saturated rings. The average molecular weight is 185 g/mol. The molecule has 13 heavy (non-hydrogen) atoms. The topological polar surface area (TPSA) is 64.7 Å². The highest BCUT2D eigenvalue weighted by Gasteiger charge is 2.57. The highest BCUT2D eigenvalue weighted by atomic mass is 16.9. The summed E-state index contributed by atoms with van der Waals surface area (Å²) in [6, 6.07) is 0. The molecule has 1 spiro atoms. The summed E-state index contributed by atoms with van der Waals surface area (Å²) < 4.78 is 15.0. The van der Waals surface area contributed by atoms with E-state index in [2.05, 4.69) is 0 Å². The zero-order chi connectivity index (χ0) is 9.64. The Labute approximate surface area is 75.6 Å². The Hall–Kier alpha value is -1.04. The van der Waals surface area contributed by atoms with Gasteiger partial charge < -0.3 is 9.47 Å². The Bertz CT molecular complexity index is 248. The fraction of sp³-hybridized carbons (Fsp3) is 0.714.